The second-order valence-electron chi connectivity index (χ2n) is 3.76. The van der Waals surface area contributed by atoms with Gasteiger partial charge in [0.15, 0.2) is 5.82 Å². The summed E-state index contributed by atoms with van der Waals surface area (Å²) in [7, 11) is 0. The van der Waals surface area contributed by atoms with Crippen molar-refractivity contribution < 1.29 is 9.90 Å². The van der Waals surface area contributed by atoms with E-state index in [0.717, 1.165) is 11.3 Å². The Morgan fingerprint density at radius 2 is 2.21 bits per heavy atom. The van der Waals surface area contributed by atoms with E-state index in [0.29, 0.717) is 21.7 Å². The average Bonchev–Trinajstić information content (AvgIpc) is 2.84. The summed E-state index contributed by atoms with van der Waals surface area (Å²) in [6.07, 6.45) is 1.59. The summed E-state index contributed by atoms with van der Waals surface area (Å²) in [4.78, 5) is 33.8. The predicted molar refractivity (Wildman–Crippen MR) is 70.4 cm³/mol. The topological polar surface area (TPSA) is 95.9 Å². The first-order valence-corrected chi connectivity index (χ1v) is 6.15. The van der Waals surface area contributed by atoms with Gasteiger partial charge in [-0.1, -0.05) is 6.07 Å². The Hall–Kier alpha value is -2.54. The van der Waals surface area contributed by atoms with Gasteiger partial charge < -0.3 is 10.1 Å². The molecule has 19 heavy (non-hydrogen) atoms. The van der Waals surface area contributed by atoms with Crippen molar-refractivity contribution in [3.05, 3.63) is 45.7 Å². The molecule has 0 fully saturated rings. The van der Waals surface area contributed by atoms with Crippen LogP contribution in [0.25, 0.3) is 21.7 Å². The number of aromatic amines is 1. The average molecular weight is 273 g/mol. The molecule has 0 radical (unpaired) electrons. The molecule has 0 aromatic carbocycles. The van der Waals surface area contributed by atoms with Crippen molar-refractivity contribution >= 4 is 27.5 Å². The molecule has 3 aromatic heterocycles. The molecule has 0 atom stereocenters. The van der Waals surface area contributed by atoms with Crippen LogP contribution in [0.1, 0.15) is 9.67 Å². The largest absolute Gasteiger partial charge is 0.477 e. The molecule has 0 unspecified atom stereocenters. The van der Waals surface area contributed by atoms with Gasteiger partial charge in [-0.3, -0.25) is 9.78 Å². The highest BCUT2D eigenvalue weighted by Crippen LogP contribution is 2.22. The molecular formula is C12H7N3O3S. The Kier molecular flexibility index (Phi) is 2.60. The standard InChI is InChI=1S/C12H7N3O3S/c16-11-9-7(5-8(19-9)12(17)18)14-10(15-11)6-3-1-2-4-13-6/h1-5H,(H,17,18)(H,14,15,16). The van der Waals surface area contributed by atoms with Crippen LogP contribution in [0.5, 0.6) is 0 Å². The van der Waals surface area contributed by atoms with E-state index in [2.05, 4.69) is 15.0 Å². The van der Waals surface area contributed by atoms with E-state index < -0.39 is 5.97 Å². The van der Waals surface area contributed by atoms with Gasteiger partial charge in [0, 0.05) is 6.20 Å². The molecule has 0 bridgehead atoms. The zero-order chi connectivity index (χ0) is 13.4. The Morgan fingerprint density at radius 1 is 1.37 bits per heavy atom. The van der Waals surface area contributed by atoms with Gasteiger partial charge in [-0.15, -0.1) is 11.3 Å². The lowest BCUT2D eigenvalue weighted by Gasteiger charge is -1.98. The molecular weight excluding hydrogens is 266 g/mol. The Bertz CT molecular complexity index is 823. The molecule has 2 N–H and O–H groups in total. The molecule has 3 heterocycles. The van der Waals surface area contributed by atoms with Crippen molar-refractivity contribution in [2.45, 2.75) is 0 Å². The fraction of sp³-hybridized carbons (Fsp3) is 0. The summed E-state index contributed by atoms with van der Waals surface area (Å²) >= 11 is 0.910. The highest BCUT2D eigenvalue weighted by Gasteiger charge is 2.13. The van der Waals surface area contributed by atoms with Crippen LogP contribution in [-0.2, 0) is 0 Å². The van der Waals surface area contributed by atoms with Crippen molar-refractivity contribution in [1.29, 1.82) is 0 Å². The van der Waals surface area contributed by atoms with Crippen molar-refractivity contribution in [3.8, 4) is 11.5 Å². The number of nitrogens with zero attached hydrogens (tertiary/aromatic N) is 2. The number of rotatable bonds is 2. The first kappa shape index (κ1) is 11.5. The van der Waals surface area contributed by atoms with Gasteiger partial charge in [-0.05, 0) is 18.2 Å². The Balaban J connectivity index is 2.25. The number of thiophene rings is 1. The minimum absolute atomic E-state index is 0.0890. The lowest BCUT2D eigenvalue weighted by molar-refractivity contribution is 0.0702. The fourth-order valence-electron chi connectivity index (χ4n) is 1.67. The number of carboxylic acids is 1. The van der Waals surface area contributed by atoms with Crippen molar-refractivity contribution in [2.24, 2.45) is 0 Å². The maximum Gasteiger partial charge on any atom is 0.345 e. The van der Waals surface area contributed by atoms with E-state index in [4.69, 9.17) is 5.11 Å². The normalized spacial score (nSPS) is 10.7. The van der Waals surface area contributed by atoms with Crippen molar-refractivity contribution in [2.75, 3.05) is 0 Å². The van der Waals surface area contributed by atoms with E-state index >= 15 is 0 Å². The smallest absolute Gasteiger partial charge is 0.345 e. The first-order valence-electron chi connectivity index (χ1n) is 5.34. The van der Waals surface area contributed by atoms with E-state index in [1.54, 1.807) is 24.4 Å². The lowest BCUT2D eigenvalue weighted by Crippen LogP contribution is -2.07. The third-order valence-corrected chi connectivity index (χ3v) is 3.61. The van der Waals surface area contributed by atoms with Gasteiger partial charge in [0.1, 0.15) is 15.3 Å². The number of hydrogen-bond donors (Lipinski definition) is 2. The summed E-state index contributed by atoms with van der Waals surface area (Å²) in [6, 6.07) is 6.65. The number of carbonyl (C=O) groups is 1. The number of nitrogens with one attached hydrogen (secondary N) is 1. The third kappa shape index (κ3) is 2.00. The van der Waals surface area contributed by atoms with Crippen LogP contribution in [0, 0.1) is 0 Å². The second-order valence-corrected chi connectivity index (χ2v) is 4.81. The molecule has 6 nitrogen and oxygen atoms in total. The summed E-state index contributed by atoms with van der Waals surface area (Å²) in [6.45, 7) is 0. The molecule has 0 saturated carbocycles. The molecule has 3 aromatic rings. The lowest BCUT2D eigenvalue weighted by atomic mass is 10.3. The van der Waals surface area contributed by atoms with Gasteiger partial charge in [-0.2, -0.15) is 0 Å². The SMILES string of the molecule is O=C(O)c1cc2nc(-c3ccccn3)[nH]c(=O)c2s1. The number of fused-ring (bicyclic) bond motifs is 1. The number of pyridine rings is 1. The minimum atomic E-state index is -1.07. The van der Waals surface area contributed by atoms with Crippen LogP contribution in [0.4, 0.5) is 0 Å². The van der Waals surface area contributed by atoms with E-state index in [1.807, 2.05) is 0 Å². The number of aromatic nitrogens is 3. The van der Waals surface area contributed by atoms with E-state index in [-0.39, 0.29) is 10.4 Å². The van der Waals surface area contributed by atoms with E-state index in [1.165, 1.54) is 6.07 Å². The maximum absolute atomic E-state index is 11.9. The number of hydrogen-bond acceptors (Lipinski definition) is 5. The first-order chi connectivity index (χ1) is 9.15. The van der Waals surface area contributed by atoms with Crippen LogP contribution >= 0.6 is 11.3 Å². The molecule has 0 spiro atoms. The Labute approximate surface area is 110 Å². The summed E-state index contributed by atoms with van der Waals surface area (Å²) in [5.74, 6) is -0.741. The van der Waals surface area contributed by atoms with Gasteiger partial charge in [0.25, 0.3) is 5.56 Å². The zero-order valence-corrected chi connectivity index (χ0v) is 10.3. The second kappa shape index (κ2) is 4.29. The van der Waals surface area contributed by atoms with Gasteiger partial charge in [0.05, 0.1) is 5.52 Å². The number of H-pyrrole nitrogens is 1. The number of aromatic carboxylic acids is 1. The van der Waals surface area contributed by atoms with Gasteiger partial charge in [-0.25, -0.2) is 9.78 Å². The molecule has 94 valence electrons. The molecule has 0 saturated heterocycles. The highest BCUT2D eigenvalue weighted by atomic mass is 32.1. The van der Waals surface area contributed by atoms with Gasteiger partial charge >= 0.3 is 5.97 Å². The van der Waals surface area contributed by atoms with Crippen molar-refractivity contribution in [1.82, 2.24) is 15.0 Å². The molecule has 7 heteroatoms. The van der Waals surface area contributed by atoms with Crippen LogP contribution < -0.4 is 5.56 Å². The van der Waals surface area contributed by atoms with Crippen LogP contribution in [-0.4, -0.2) is 26.0 Å². The van der Waals surface area contributed by atoms with Gasteiger partial charge in [0.2, 0.25) is 0 Å². The Morgan fingerprint density at radius 3 is 2.89 bits per heavy atom. The molecule has 0 amide bonds. The summed E-state index contributed by atoms with van der Waals surface area (Å²) in [5.41, 5.74) is 0.541. The minimum Gasteiger partial charge on any atom is -0.477 e. The molecule has 0 aliphatic rings. The molecule has 0 aliphatic heterocycles. The number of carboxylic acid groups (broad SMARTS) is 1. The predicted octanol–water partition coefficient (Wildman–Crippen LogP) is 1.74. The van der Waals surface area contributed by atoms with Crippen LogP contribution in [0.3, 0.4) is 0 Å². The molecule has 3 rings (SSSR count). The van der Waals surface area contributed by atoms with Crippen LogP contribution in [0.2, 0.25) is 0 Å². The third-order valence-electron chi connectivity index (χ3n) is 2.50. The fourth-order valence-corrected chi connectivity index (χ4v) is 2.50. The summed E-state index contributed by atoms with van der Waals surface area (Å²) < 4.78 is 0.303. The zero-order valence-electron chi connectivity index (χ0n) is 9.45. The van der Waals surface area contributed by atoms with Crippen LogP contribution in [0.15, 0.2) is 35.3 Å². The maximum atomic E-state index is 11.9. The summed E-state index contributed by atoms with van der Waals surface area (Å²) in [5, 5.41) is 8.92. The molecule has 0 aliphatic carbocycles. The van der Waals surface area contributed by atoms with Crippen molar-refractivity contribution in [3.63, 3.8) is 0 Å². The van der Waals surface area contributed by atoms with E-state index in [9.17, 15) is 9.59 Å². The quantitative estimate of drug-likeness (QED) is 0.741. The monoisotopic (exact) mass is 273 g/mol. The highest BCUT2D eigenvalue weighted by molar-refractivity contribution is 7.20.